The van der Waals surface area contributed by atoms with Crippen molar-refractivity contribution < 1.29 is 0 Å². The van der Waals surface area contributed by atoms with Gasteiger partial charge in [-0.2, -0.15) is 0 Å². The molecule has 0 N–H and O–H groups in total. The summed E-state index contributed by atoms with van der Waals surface area (Å²) in [6.45, 7) is 14.6. The predicted molar refractivity (Wildman–Crippen MR) is 100 cm³/mol. The Morgan fingerprint density at radius 3 is 2.26 bits per heavy atom. The number of allylic oxidation sites excluding steroid dienone is 2. The molecule has 0 bridgehead atoms. The van der Waals surface area contributed by atoms with E-state index in [4.69, 9.17) is 0 Å². The molecule has 0 radical (unpaired) electrons. The second kappa shape index (κ2) is 10.1. The molecule has 0 heterocycles. The molecule has 0 rings (SSSR count). The molecule has 0 atom stereocenters. The van der Waals surface area contributed by atoms with E-state index in [1.54, 1.807) is 0 Å². The maximum absolute atomic E-state index is 2.56. The summed E-state index contributed by atoms with van der Waals surface area (Å²) in [6.07, 6.45) is 11.1. The van der Waals surface area contributed by atoms with Gasteiger partial charge in [0.05, 0.1) is 0 Å². The van der Waals surface area contributed by atoms with Crippen LogP contribution in [0.3, 0.4) is 0 Å². The number of hydrogen-bond acceptors (Lipinski definition) is 0. The van der Waals surface area contributed by atoms with E-state index in [1.165, 1.54) is 35.6 Å². The summed E-state index contributed by atoms with van der Waals surface area (Å²) in [5.74, 6) is 3.14. The Morgan fingerprint density at radius 1 is 1.16 bits per heavy atom. The van der Waals surface area contributed by atoms with Gasteiger partial charge in [0.15, 0.2) is 0 Å². The molecule has 110 valence electrons. The topological polar surface area (TPSA) is 0 Å². The van der Waals surface area contributed by atoms with Gasteiger partial charge in [-0.25, -0.2) is 0 Å². The fourth-order valence-corrected chi connectivity index (χ4v) is 3.35. The highest BCUT2D eigenvalue weighted by Gasteiger charge is 2.35. The van der Waals surface area contributed by atoms with Crippen LogP contribution in [0.2, 0.25) is 5.31 Å². The van der Waals surface area contributed by atoms with Crippen LogP contribution in [0.4, 0.5) is 0 Å². The smallest absolute Gasteiger partial charge is 0.113 e. The summed E-state index contributed by atoms with van der Waals surface area (Å²) in [5, 5.41) is 0.323. The Kier molecular flexibility index (Phi) is 10.2. The van der Waals surface area contributed by atoms with Crippen molar-refractivity contribution in [3.05, 3.63) is 21.6 Å². The second-order valence-electron chi connectivity index (χ2n) is 6.40. The monoisotopic (exact) mass is 374 g/mol. The first-order valence-corrected chi connectivity index (χ1v) is 8.97. The van der Waals surface area contributed by atoms with E-state index in [2.05, 4.69) is 82.3 Å². The lowest BCUT2D eigenvalue weighted by Gasteiger charge is -2.34. The van der Waals surface area contributed by atoms with Crippen LogP contribution in [-0.4, -0.2) is 6.71 Å². The third-order valence-electron chi connectivity index (χ3n) is 4.27. The maximum atomic E-state index is 2.56. The summed E-state index contributed by atoms with van der Waals surface area (Å²) in [6, 6.07) is 0. The first-order valence-electron chi connectivity index (χ1n) is 7.90. The van der Waals surface area contributed by atoms with E-state index in [9.17, 15) is 0 Å². The summed E-state index contributed by atoms with van der Waals surface area (Å²) in [5.41, 5.74) is 0. The van der Waals surface area contributed by atoms with Gasteiger partial charge in [-0.05, 0) is 27.6 Å². The second-order valence-corrected chi connectivity index (χ2v) is 7.65. The highest BCUT2D eigenvalue weighted by atomic mass is 127. The van der Waals surface area contributed by atoms with Crippen LogP contribution in [0, 0.1) is 5.92 Å². The van der Waals surface area contributed by atoms with Crippen molar-refractivity contribution in [1.82, 2.24) is 0 Å². The lowest BCUT2D eigenvalue weighted by Crippen LogP contribution is -2.31. The molecule has 0 saturated carbocycles. The average molecular weight is 374 g/mol. The molecular weight excluding hydrogens is 342 g/mol. The van der Waals surface area contributed by atoms with Crippen molar-refractivity contribution in [3.8, 4) is 0 Å². The van der Waals surface area contributed by atoms with Gasteiger partial charge in [0, 0.05) is 0 Å². The molecular formula is C17H32BI. The van der Waals surface area contributed by atoms with Crippen LogP contribution in [0.25, 0.3) is 0 Å². The number of hydrogen-bond donors (Lipinski definition) is 0. The van der Waals surface area contributed by atoms with E-state index in [-0.39, 0.29) is 0 Å². The molecule has 0 aromatic carbocycles. The molecule has 0 saturated heterocycles. The van der Waals surface area contributed by atoms with E-state index < -0.39 is 0 Å². The molecule has 0 aliphatic carbocycles. The third-order valence-corrected chi connectivity index (χ3v) is 5.38. The highest BCUT2D eigenvalue weighted by Crippen LogP contribution is 2.42. The van der Waals surface area contributed by atoms with Crippen LogP contribution >= 0.6 is 22.6 Å². The SMILES string of the molecule is CCC/C=C/B(/C(I)=C/CCCC)C(C)(C)C(C)C. The zero-order valence-electron chi connectivity index (χ0n) is 13.8. The average Bonchev–Trinajstić information content (AvgIpc) is 2.34. The fraction of sp³-hybridized carbons (Fsp3) is 0.765. The van der Waals surface area contributed by atoms with Crippen LogP contribution in [0.15, 0.2) is 21.6 Å². The molecule has 0 amide bonds. The molecule has 0 spiro atoms. The molecule has 0 unspecified atom stereocenters. The summed E-state index contributed by atoms with van der Waals surface area (Å²) >= 11 is 2.56. The largest absolute Gasteiger partial charge is 0.214 e. The minimum absolute atomic E-state index is 0.323. The van der Waals surface area contributed by atoms with Crippen LogP contribution in [0.5, 0.6) is 0 Å². The quantitative estimate of drug-likeness (QED) is 0.235. The van der Waals surface area contributed by atoms with Crippen LogP contribution < -0.4 is 0 Å². The van der Waals surface area contributed by atoms with Crippen molar-refractivity contribution in [2.24, 2.45) is 5.92 Å². The number of unbranched alkanes of at least 4 members (excludes halogenated alkanes) is 3. The number of rotatable bonds is 9. The molecule has 0 aliphatic rings. The Labute approximate surface area is 135 Å². The summed E-state index contributed by atoms with van der Waals surface area (Å²) in [4.78, 5) is 0. The molecule has 2 heteroatoms. The van der Waals surface area contributed by atoms with Crippen molar-refractivity contribution >= 4 is 29.3 Å². The Balaban J connectivity index is 5.00. The first-order chi connectivity index (χ1) is 8.87. The lowest BCUT2D eigenvalue weighted by atomic mass is 9.31. The first kappa shape index (κ1) is 19.3. The Bertz CT molecular complexity index is 290. The molecule has 19 heavy (non-hydrogen) atoms. The highest BCUT2D eigenvalue weighted by molar-refractivity contribution is 14.1. The van der Waals surface area contributed by atoms with Crippen molar-refractivity contribution in [1.29, 1.82) is 0 Å². The van der Waals surface area contributed by atoms with Gasteiger partial charge < -0.3 is 0 Å². The fourth-order valence-electron chi connectivity index (χ4n) is 2.02. The minimum Gasteiger partial charge on any atom is -0.113 e. The van der Waals surface area contributed by atoms with Gasteiger partial charge in [-0.3, -0.25) is 0 Å². The Morgan fingerprint density at radius 2 is 1.79 bits per heavy atom. The lowest BCUT2D eigenvalue weighted by molar-refractivity contribution is 0.471. The molecule has 0 aliphatic heterocycles. The van der Waals surface area contributed by atoms with E-state index in [0.717, 1.165) is 0 Å². The minimum atomic E-state index is 0.323. The molecule has 0 aromatic rings. The zero-order chi connectivity index (χ0) is 14.9. The van der Waals surface area contributed by atoms with E-state index >= 15 is 0 Å². The van der Waals surface area contributed by atoms with Crippen molar-refractivity contribution in [2.75, 3.05) is 0 Å². The number of halogens is 1. The molecule has 0 fully saturated rings. The van der Waals surface area contributed by atoms with Gasteiger partial charge in [-0.15, -0.1) is 5.98 Å². The van der Waals surface area contributed by atoms with Crippen molar-refractivity contribution in [2.45, 2.75) is 79.0 Å². The third kappa shape index (κ3) is 7.01. The standard InChI is InChI=1S/C17H32BI/c1-7-9-11-13-16(19)18(14-12-10-8-2)17(5,6)15(3)4/h12-15H,7-11H2,1-6H3/b14-12+,16-13-. The van der Waals surface area contributed by atoms with Gasteiger partial charge in [0.2, 0.25) is 6.71 Å². The summed E-state index contributed by atoms with van der Waals surface area (Å²) < 4.78 is 1.53. The Hall–Kier alpha value is 0.275. The van der Waals surface area contributed by atoms with Gasteiger partial charge >= 0.3 is 0 Å². The molecule has 0 nitrogen and oxygen atoms in total. The van der Waals surface area contributed by atoms with Gasteiger partial charge in [-0.1, -0.05) is 95.5 Å². The van der Waals surface area contributed by atoms with Crippen LogP contribution in [0.1, 0.15) is 73.6 Å². The van der Waals surface area contributed by atoms with Gasteiger partial charge in [0.1, 0.15) is 0 Å². The van der Waals surface area contributed by atoms with E-state index in [1.807, 2.05) is 0 Å². The predicted octanol–water partition coefficient (Wildman–Crippen LogP) is 6.86. The summed E-state index contributed by atoms with van der Waals surface area (Å²) in [7, 11) is 0. The van der Waals surface area contributed by atoms with Gasteiger partial charge in [0.25, 0.3) is 0 Å². The maximum Gasteiger partial charge on any atom is 0.214 e. The van der Waals surface area contributed by atoms with E-state index in [0.29, 0.717) is 17.9 Å². The normalized spacial score (nSPS) is 13.6. The zero-order valence-corrected chi connectivity index (χ0v) is 16.0. The van der Waals surface area contributed by atoms with Crippen LogP contribution in [-0.2, 0) is 0 Å². The molecule has 0 aromatic heterocycles. The van der Waals surface area contributed by atoms with Crippen molar-refractivity contribution in [3.63, 3.8) is 0 Å².